The average Bonchev–Trinajstić information content (AvgIpc) is 3.18. The molecule has 0 aromatic carbocycles. The Hall–Kier alpha value is -1.40. The summed E-state index contributed by atoms with van der Waals surface area (Å²) in [5.74, 6) is 1.07. The Morgan fingerprint density at radius 2 is 2.33 bits per heavy atom. The zero-order valence-corrected chi connectivity index (χ0v) is 12.8. The first-order chi connectivity index (χ1) is 10.2. The summed E-state index contributed by atoms with van der Waals surface area (Å²) >= 11 is 0. The quantitative estimate of drug-likeness (QED) is 0.909. The maximum atomic E-state index is 12.6. The van der Waals surface area contributed by atoms with Gasteiger partial charge >= 0.3 is 0 Å². The summed E-state index contributed by atoms with van der Waals surface area (Å²) in [6, 6.07) is 0.140. The molecule has 2 aliphatic heterocycles. The van der Waals surface area contributed by atoms with E-state index in [0.717, 1.165) is 38.2 Å². The molecule has 1 amide bonds. The molecular weight excluding hydrogens is 268 g/mol. The van der Waals surface area contributed by atoms with Gasteiger partial charge in [-0.1, -0.05) is 6.92 Å². The lowest BCUT2D eigenvalue weighted by molar-refractivity contribution is -0.145. The fourth-order valence-electron chi connectivity index (χ4n) is 3.22. The highest BCUT2D eigenvalue weighted by atomic mass is 16.5. The number of nitrogens with zero attached hydrogens (tertiary/aromatic N) is 3. The third-order valence-corrected chi connectivity index (χ3v) is 4.63. The van der Waals surface area contributed by atoms with Crippen molar-refractivity contribution in [3.8, 4) is 0 Å². The molecule has 21 heavy (non-hydrogen) atoms. The monoisotopic (exact) mass is 292 g/mol. The molecular formula is C15H24N4O2. The fraction of sp³-hybridized carbons (Fsp3) is 0.733. The predicted molar refractivity (Wildman–Crippen MR) is 78.7 cm³/mol. The van der Waals surface area contributed by atoms with Crippen molar-refractivity contribution in [1.82, 2.24) is 19.8 Å². The van der Waals surface area contributed by atoms with Crippen molar-refractivity contribution in [3.63, 3.8) is 0 Å². The van der Waals surface area contributed by atoms with Gasteiger partial charge in [-0.3, -0.25) is 9.69 Å². The number of carbonyl (C=O) groups is 1. The van der Waals surface area contributed by atoms with Crippen LogP contribution in [0.15, 0.2) is 12.4 Å². The summed E-state index contributed by atoms with van der Waals surface area (Å²) in [7, 11) is 2.08. The normalized spacial score (nSPS) is 30.8. The van der Waals surface area contributed by atoms with Crippen LogP contribution in [0.5, 0.6) is 0 Å². The second kappa shape index (κ2) is 6.15. The molecule has 0 unspecified atom stereocenters. The SMILES string of the molecule is CC[C@@H]1CC[C@@H](C(=O)N2CCN(C)[C@H](c3ncc[nH]3)C2)O1. The number of aromatic nitrogens is 2. The van der Waals surface area contributed by atoms with Crippen LogP contribution in [0.3, 0.4) is 0 Å². The van der Waals surface area contributed by atoms with Crippen LogP contribution in [0.4, 0.5) is 0 Å². The number of H-pyrrole nitrogens is 1. The number of nitrogens with one attached hydrogen (secondary N) is 1. The van der Waals surface area contributed by atoms with Gasteiger partial charge in [-0.25, -0.2) is 4.98 Å². The standard InChI is InChI=1S/C15H24N4O2/c1-3-11-4-5-13(21-11)15(20)19-9-8-18(2)12(10-19)14-16-6-7-17-14/h6-7,11-13H,3-5,8-10H2,1-2H3,(H,16,17)/t11-,12+,13+/m1/s1. The fourth-order valence-corrected chi connectivity index (χ4v) is 3.22. The molecule has 3 rings (SSSR count). The van der Waals surface area contributed by atoms with Gasteiger partial charge in [-0.2, -0.15) is 0 Å². The molecule has 2 saturated heterocycles. The van der Waals surface area contributed by atoms with Crippen LogP contribution in [-0.2, 0) is 9.53 Å². The Balaban J connectivity index is 1.65. The zero-order chi connectivity index (χ0) is 14.8. The molecule has 116 valence electrons. The smallest absolute Gasteiger partial charge is 0.251 e. The summed E-state index contributed by atoms with van der Waals surface area (Å²) in [4.78, 5) is 24.3. The highest BCUT2D eigenvalue weighted by molar-refractivity contribution is 5.81. The van der Waals surface area contributed by atoms with Gasteiger partial charge < -0.3 is 14.6 Å². The van der Waals surface area contributed by atoms with Crippen molar-refractivity contribution >= 4 is 5.91 Å². The first-order valence-corrected chi connectivity index (χ1v) is 7.82. The van der Waals surface area contributed by atoms with E-state index in [1.807, 2.05) is 11.1 Å². The summed E-state index contributed by atoms with van der Waals surface area (Å²) in [6.07, 6.45) is 6.45. The van der Waals surface area contributed by atoms with Crippen LogP contribution in [0, 0.1) is 0 Å². The molecule has 0 bridgehead atoms. The molecule has 3 heterocycles. The topological polar surface area (TPSA) is 61.5 Å². The Morgan fingerprint density at radius 3 is 3.00 bits per heavy atom. The van der Waals surface area contributed by atoms with Crippen molar-refractivity contribution in [1.29, 1.82) is 0 Å². The van der Waals surface area contributed by atoms with E-state index in [0.29, 0.717) is 6.54 Å². The van der Waals surface area contributed by atoms with Crippen molar-refractivity contribution in [2.75, 3.05) is 26.7 Å². The molecule has 1 N–H and O–H groups in total. The number of aromatic amines is 1. The van der Waals surface area contributed by atoms with Crippen molar-refractivity contribution < 1.29 is 9.53 Å². The minimum atomic E-state index is -0.240. The number of ether oxygens (including phenoxy) is 1. The summed E-state index contributed by atoms with van der Waals surface area (Å²) < 4.78 is 5.85. The van der Waals surface area contributed by atoms with E-state index in [4.69, 9.17) is 4.74 Å². The zero-order valence-electron chi connectivity index (χ0n) is 12.8. The molecule has 0 spiro atoms. The Labute approximate surface area is 125 Å². The number of rotatable bonds is 3. The van der Waals surface area contributed by atoms with Gasteiger partial charge in [-0.15, -0.1) is 0 Å². The number of hydrogen-bond donors (Lipinski definition) is 1. The van der Waals surface area contributed by atoms with Gasteiger partial charge in [0.1, 0.15) is 11.9 Å². The number of carbonyl (C=O) groups excluding carboxylic acids is 1. The number of hydrogen-bond acceptors (Lipinski definition) is 4. The highest BCUT2D eigenvalue weighted by Gasteiger charge is 2.36. The van der Waals surface area contributed by atoms with E-state index in [-0.39, 0.29) is 24.2 Å². The number of likely N-dealkylation sites (N-methyl/N-ethyl adjacent to an activating group) is 1. The largest absolute Gasteiger partial charge is 0.365 e. The molecule has 1 aromatic heterocycles. The Bertz CT molecular complexity index is 476. The molecule has 6 heteroatoms. The van der Waals surface area contributed by atoms with Gasteiger partial charge in [0, 0.05) is 32.0 Å². The van der Waals surface area contributed by atoms with E-state index in [1.165, 1.54) is 0 Å². The van der Waals surface area contributed by atoms with E-state index in [2.05, 4.69) is 28.8 Å². The van der Waals surface area contributed by atoms with Crippen molar-refractivity contribution in [2.45, 2.75) is 44.4 Å². The number of piperazine rings is 1. The summed E-state index contributed by atoms with van der Waals surface area (Å²) in [6.45, 7) is 4.42. The number of imidazole rings is 1. The molecule has 0 saturated carbocycles. The van der Waals surface area contributed by atoms with Crippen molar-refractivity contribution in [3.05, 3.63) is 18.2 Å². The summed E-state index contributed by atoms with van der Waals surface area (Å²) in [5.41, 5.74) is 0. The maximum Gasteiger partial charge on any atom is 0.251 e. The van der Waals surface area contributed by atoms with Crippen LogP contribution in [0.2, 0.25) is 0 Å². The van der Waals surface area contributed by atoms with E-state index < -0.39 is 0 Å². The molecule has 1 aromatic rings. The van der Waals surface area contributed by atoms with E-state index in [1.54, 1.807) is 6.20 Å². The highest BCUT2D eigenvalue weighted by Crippen LogP contribution is 2.26. The van der Waals surface area contributed by atoms with Crippen LogP contribution >= 0.6 is 0 Å². The van der Waals surface area contributed by atoms with Gasteiger partial charge in [0.15, 0.2) is 0 Å². The van der Waals surface area contributed by atoms with Gasteiger partial charge in [-0.05, 0) is 26.3 Å². The van der Waals surface area contributed by atoms with Crippen LogP contribution in [0.25, 0.3) is 0 Å². The molecule has 6 nitrogen and oxygen atoms in total. The van der Waals surface area contributed by atoms with Crippen molar-refractivity contribution in [2.24, 2.45) is 0 Å². The molecule has 2 fully saturated rings. The predicted octanol–water partition coefficient (Wildman–Crippen LogP) is 1.18. The summed E-state index contributed by atoms with van der Waals surface area (Å²) in [5, 5.41) is 0. The van der Waals surface area contributed by atoms with E-state index in [9.17, 15) is 4.79 Å². The molecule has 0 aliphatic carbocycles. The maximum absolute atomic E-state index is 12.6. The first kappa shape index (κ1) is 14.5. The lowest BCUT2D eigenvalue weighted by Crippen LogP contribution is -2.51. The van der Waals surface area contributed by atoms with Crippen LogP contribution in [-0.4, -0.2) is 64.6 Å². The Morgan fingerprint density at radius 1 is 1.48 bits per heavy atom. The van der Waals surface area contributed by atoms with Gasteiger partial charge in [0.05, 0.1) is 12.1 Å². The molecule has 3 atom stereocenters. The first-order valence-electron chi connectivity index (χ1n) is 7.82. The second-order valence-electron chi connectivity index (χ2n) is 5.99. The minimum absolute atomic E-state index is 0.140. The third-order valence-electron chi connectivity index (χ3n) is 4.63. The molecule has 2 aliphatic rings. The lowest BCUT2D eigenvalue weighted by Gasteiger charge is -2.39. The third kappa shape index (κ3) is 2.96. The van der Waals surface area contributed by atoms with Gasteiger partial charge in [0.2, 0.25) is 0 Å². The molecule has 0 radical (unpaired) electrons. The van der Waals surface area contributed by atoms with Crippen LogP contribution < -0.4 is 0 Å². The van der Waals surface area contributed by atoms with Crippen LogP contribution in [0.1, 0.15) is 38.1 Å². The second-order valence-corrected chi connectivity index (χ2v) is 5.99. The van der Waals surface area contributed by atoms with E-state index >= 15 is 0 Å². The van der Waals surface area contributed by atoms with Gasteiger partial charge in [0.25, 0.3) is 5.91 Å². The number of amides is 1. The minimum Gasteiger partial charge on any atom is -0.365 e. The lowest BCUT2D eigenvalue weighted by atomic mass is 10.1. The Kier molecular flexibility index (Phi) is 4.26. The average molecular weight is 292 g/mol.